The summed E-state index contributed by atoms with van der Waals surface area (Å²) >= 11 is 0. The lowest BCUT2D eigenvalue weighted by atomic mass is 10.0. The van der Waals surface area contributed by atoms with Gasteiger partial charge in [-0.2, -0.15) is 0 Å². The Hall–Kier alpha value is -4.22. The fourth-order valence-corrected chi connectivity index (χ4v) is 6.34. The van der Waals surface area contributed by atoms with E-state index in [1.807, 2.05) is 6.92 Å². The Kier molecular flexibility index (Phi) is 6.44. The molecule has 2 aromatic heterocycles. The lowest BCUT2D eigenvalue weighted by Gasteiger charge is -2.16. The molecule has 0 spiro atoms. The van der Waals surface area contributed by atoms with Crippen molar-refractivity contribution in [1.82, 2.24) is 8.54 Å². The first-order chi connectivity index (χ1) is 18.4. The third kappa shape index (κ3) is 4.86. The van der Waals surface area contributed by atoms with Crippen LogP contribution in [0, 0.1) is 12.7 Å². The molecule has 5 aromatic rings. The molecule has 8 nitrogen and oxygen atoms in total. The van der Waals surface area contributed by atoms with E-state index in [1.165, 1.54) is 78.6 Å². The molecular weight excluding hydrogens is 541 g/mol. The molecule has 0 aliphatic heterocycles. The summed E-state index contributed by atoms with van der Waals surface area (Å²) in [5, 5.41) is 3.49. The maximum absolute atomic E-state index is 13.5. The minimum absolute atomic E-state index is 0.0239. The first-order valence-corrected chi connectivity index (χ1v) is 15.1. The molecule has 200 valence electrons. The number of aromatic nitrogens is 2. The van der Waals surface area contributed by atoms with Gasteiger partial charge in [0, 0.05) is 53.6 Å². The highest BCUT2D eigenvalue weighted by molar-refractivity contribution is 7.90. The average Bonchev–Trinajstić information content (AvgIpc) is 3.34. The Morgan fingerprint density at radius 1 is 0.821 bits per heavy atom. The average molecular weight is 566 g/mol. The number of halogens is 1. The summed E-state index contributed by atoms with van der Waals surface area (Å²) < 4.78 is 67.6. The Balaban J connectivity index is 1.78. The summed E-state index contributed by atoms with van der Waals surface area (Å²) in [5.41, 5.74) is 2.13. The Labute approximate surface area is 224 Å². The number of aryl methyl sites for hydroxylation is 2. The second-order valence-corrected chi connectivity index (χ2v) is 13.1. The Bertz CT molecular complexity index is 2010. The zero-order valence-electron chi connectivity index (χ0n) is 21.2. The summed E-state index contributed by atoms with van der Waals surface area (Å²) in [6.45, 7) is 1.84. The van der Waals surface area contributed by atoms with Crippen LogP contribution in [-0.2, 0) is 26.9 Å². The number of hydrogen-bond acceptors (Lipinski definition) is 6. The van der Waals surface area contributed by atoms with E-state index in [-0.39, 0.29) is 15.3 Å². The number of anilines is 2. The normalized spacial score (nSPS) is 12.1. The fourth-order valence-electron chi connectivity index (χ4n) is 4.34. The quantitative estimate of drug-likeness (QED) is 0.316. The minimum Gasteiger partial charge on any atom is -0.355 e. The predicted octanol–water partition coefficient (Wildman–Crippen LogP) is 4.84. The minimum atomic E-state index is -4.12. The third-order valence-corrected chi connectivity index (χ3v) is 9.20. The van der Waals surface area contributed by atoms with E-state index in [2.05, 4.69) is 5.32 Å². The van der Waals surface area contributed by atoms with Crippen molar-refractivity contribution in [1.29, 1.82) is 0 Å². The molecule has 0 radical (unpaired) electrons. The van der Waals surface area contributed by atoms with Crippen LogP contribution >= 0.6 is 0 Å². The number of benzene rings is 3. The van der Waals surface area contributed by atoms with Gasteiger partial charge in [-0.15, -0.1) is 0 Å². The van der Waals surface area contributed by atoms with Gasteiger partial charge in [0.2, 0.25) is 0 Å². The number of rotatable bonds is 6. The van der Waals surface area contributed by atoms with Gasteiger partial charge in [0.1, 0.15) is 11.3 Å². The summed E-state index contributed by atoms with van der Waals surface area (Å²) in [7, 11) is -6.23. The molecule has 0 aliphatic rings. The van der Waals surface area contributed by atoms with E-state index in [4.69, 9.17) is 0 Å². The SMILES string of the molecule is Cc1ccc(S(=O)(=O)n2ccc3c(-c4cc(S(C)(=O)=O)ccc4Nc4ccc(F)cc4)cn(C)c(=O)c32)cc1. The lowest BCUT2D eigenvalue weighted by molar-refractivity contribution is 0.588. The molecule has 0 saturated carbocycles. The molecule has 11 heteroatoms. The van der Waals surface area contributed by atoms with Crippen molar-refractivity contribution in [2.45, 2.75) is 16.7 Å². The number of nitrogens with zero attached hydrogens (tertiary/aromatic N) is 2. The monoisotopic (exact) mass is 565 g/mol. The van der Waals surface area contributed by atoms with Crippen molar-refractivity contribution in [3.63, 3.8) is 0 Å². The molecule has 3 aromatic carbocycles. The molecule has 0 unspecified atom stereocenters. The van der Waals surface area contributed by atoms with Crippen LogP contribution in [0.25, 0.3) is 22.0 Å². The highest BCUT2D eigenvalue weighted by Crippen LogP contribution is 2.37. The summed E-state index contributed by atoms with van der Waals surface area (Å²) in [4.78, 5) is 13.4. The molecule has 2 heterocycles. The first-order valence-electron chi connectivity index (χ1n) is 11.8. The van der Waals surface area contributed by atoms with E-state index in [0.29, 0.717) is 27.9 Å². The van der Waals surface area contributed by atoms with Gasteiger partial charge in [0.15, 0.2) is 9.84 Å². The molecule has 39 heavy (non-hydrogen) atoms. The van der Waals surface area contributed by atoms with Gasteiger partial charge in [-0.05, 0) is 67.6 Å². The van der Waals surface area contributed by atoms with Crippen molar-refractivity contribution in [2.24, 2.45) is 7.05 Å². The standard InChI is InChI=1S/C28H24FN3O5S2/c1-18-4-10-21(11-5-18)39(36,37)32-15-14-23-25(17-31(2)28(33)27(23)32)24-16-22(38(3,34)35)12-13-26(24)30-20-8-6-19(29)7-9-20/h4-17,30H,1-3H3. The van der Waals surface area contributed by atoms with E-state index in [1.54, 1.807) is 18.2 Å². The first kappa shape index (κ1) is 26.4. The molecule has 0 saturated heterocycles. The summed E-state index contributed by atoms with van der Waals surface area (Å²) in [5.74, 6) is -0.413. The molecule has 0 amide bonds. The number of sulfone groups is 1. The van der Waals surface area contributed by atoms with E-state index in [0.717, 1.165) is 15.8 Å². The van der Waals surface area contributed by atoms with Crippen LogP contribution in [0.2, 0.25) is 0 Å². The van der Waals surface area contributed by atoms with Crippen LogP contribution in [0.3, 0.4) is 0 Å². The number of nitrogens with one attached hydrogen (secondary N) is 1. The van der Waals surface area contributed by atoms with Crippen LogP contribution in [0.15, 0.2) is 99.8 Å². The Morgan fingerprint density at radius 2 is 1.46 bits per heavy atom. The van der Waals surface area contributed by atoms with Gasteiger partial charge in [-0.25, -0.2) is 25.2 Å². The van der Waals surface area contributed by atoms with Gasteiger partial charge in [-0.1, -0.05) is 17.7 Å². The second kappa shape index (κ2) is 9.51. The largest absolute Gasteiger partial charge is 0.355 e. The number of fused-ring (bicyclic) bond motifs is 1. The Morgan fingerprint density at radius 3 is 2.10 bits per heavy atom. The van der Waals surface area contributed by atoms with Gasteiger partial charge < -0.3 is 9.88 Å². The zero-order valence-corrected chi connectivity index (χ0v) is 22.8. The van der Waals surface area contributed by atoms with Gasteiger partial charge in [0.05, 0.1) is 9.79 Å². The molecule has 0 atom stereocenters. The van der Waals surface area contributed by atoms with E-state index >= 15 is 0 Å². The van der Waals surface area contributed by atoms with Crippen LogP contribution in [-0.4, -0.2) is 31.6 Å². The van der Waals surface area contributed by atoms with Crippen LogP contribution in [0.4, 0.5) is 15.8 Å². The van der Waals surface area contributed by atoms with Gasteiger partial charge in [-0.3, -0.25) is 4.79 Å². The van der Waals surface area contributed by atoms with Crippen molar-refractivity contribution in [2.75, 3.05) is 11.6 Å². The summed E-state index contributed by atoms with van der Waals surface area (Å²) in [6.07, 6.45) is 3.93. The second-order valence-electron chi connectivity index (χ2n) is 9.26. The van der Waals surface area contributed by atoms with Crippen molar-refractivity contribution < 1.29 is 21.2 Å². The van der Waals surface area contributed by atoms with Crippen molar-refractivity contribution >= 4 is 42.1 Å². The lowest BCUT2D eigenvalue weighted by Crippen LogP contribution is -2.22. The molecule has 0 fully saturated rings. The zero-order chi connectivity index (χ0) is 28.1. The van der Waals surface area contributed by atoms with Gasteiger partial charge >= 0.3 is 0 Å². The summed E-state index contributed by atoms with van der Waals surface area (Å²) in [6, 6.07) is 17.9. The van der Waals surface area contributed by atoms with E-state index in [9.17, 15) is 26.0 Å². The molecule has 5 rings (SSSR count). The molecular formula is C28H24FN3O5S2. The third-order valence-electron chi connectivity index (χ3n) is 6.40. The van der Waals surface area contributed by atoms with Crippen LogP contribution in [0.5, 0.6) is 0 Å². The van der Waals surface area contributed by atoms with Crippen molar-refractivity contribution in [3.05, 3.63) is 107 Å². The van der Waals surface area contributed by atoms with Gasteiger partial charge in [0.25, 0.3) is 15.6 Å². The maximum atomic E-state index is 13.5. The smallest absolute Gasteiger partial charge is 0.275 e. The van der Waals surface area contributed by atoms with E-state index < -0.39 is 31.2 Å². The maximum Gasteiger partial charge on any atom is 0.275 e. The highest BCUT2D eigenvalue weighted by Gasteiger charge is 2.24. The topological polar surface area (TPSA) is 107 Å². The molecule has 1 N–H and O–H groups in total. The molecule has 0 aliphatic carbocycles. The fraction of sp³-hybridized carbons (Fsp3) is 0.107. The van der Waals surface area contributed by atoms with Crippen LogP contribution in [0.1, 0.15) is 5.56 Å². The number of pyridine rings is 1. The molecule has 0 bridgehead atoms. The number of hydrogen-bond donors (Lipinski definition) is 1. The van der Waals surface area contributed by atoms with Crippen molar-refractivity contribution in [3.8, 4) is 11.1 Å². The predicted molar refractivity (Wildman–Crippen MR) is 149 cm³/mol. The van der Waals surface area contributed by atoms with Crippen LogP contribution < -0.4 is 10.9 Å². The highest BCUT2D eigenvalue weighted by atomic mass is 32.2.